The maximum absolute atomic E-state index is 16.7. The van der Waals surface area contributed by atoms with E-state index in [0.717, 1.165) is 11.8 Å². The summed E-state index contributed by atoms with van der Waals surface area (Å²) in [6.45, 7) is 12.3. The Hall–Kier alpha value is -3.41. The molecule has 2 saturated heterocycles. The van der Waals surface area contributed by atoms with Gasteiger partial charge in [-0.1, -0.05) is 56.1 Å². The van der Waals surface area contributed by atoms with Crippen LogP contribution in [0.1, 0.15) is 74.7 Å². The number of nitrogens with zero attached hydrogens (tertiary/aromatic N) is 5. The summed E-state index contributed by atoms with van der Waals surface area (Å²) in [7, 11) is 5.02. The number of aliphatic hydroxyl groups is 2. The minimum Gasteiger partial charge on any atom is -0.457 e. The van der Waals surface area contributed by atoms with Gasteiger partial charge in [-0.05, 0) is 61.1 Å². The second-order valence-electron chi connectivity index (χ2n) is 16.2. The highest BCUT2D eigenvalue weighted by molar-refractivity contribution is 7.18. The molecule has 0 spiro atoms. The number of carbonyl (C=O) groups is 3. The lowest BCUT2D eigenvalue weighted by Crippen LogP contribution is -2.63. The van der Waals surface area contributed by atoms with Crippen LogP contribution in [0.25, 0.3) is 10.6 Å². The smallest absolute Gasteiger partial charge is 0.351 e. The first-order chi connectivity index (χ1) is 26.6. The number of aliphatic hydroxyl groups excluding tert-OH is 1. The van der Waals surface area contributed by atoms with Gasteiger partial charge < -0.3 is 39.8 Å². The number of likely N-dealkylation sites (N-methyl/N-ethyl adjacent to an activating group) is 1. The van der Waals surface area contributed by atoms with Crippen LogP contribution in [-0.2, 0) is 39.9 Å². The van der Waals surface area contributed by atoms with Gasteiger partial charge in [0, 0.05) is 43.1 Å². The molecule has 2 aliphatic heterocycles. The summed E-state index contributed by atoms with van der Waals surface area (Å²) in [6.07, 6.45) is -1.58. The molecule has 0 aromatic carbocycles. The van der Waals surface area contributed by atoms with Gasteiger partial charge in [0.05, 0.1) is 35.4 Å². The van der Waals surface area contributed by atoms with Crippen molar-refractivity contribution < 1.29 is 47.9 Å². The number of hydrogen-bond donors (Lipinski definition) is 4. The molecule has 0 saturated carbocycles. The summed E-state index contributed by atoms with van der Waals surface area (Å²) >= 11 is 1.28. The number of ether oxygens (including phenoxy) is 4. The number of thiazole rings is 1. The number of rotatable bonds is 9. The third-order valence-corrected chi connectivity index (χ3v) is 12.3. The number of nitrogen functional groups attached to an aromatic ring is 1. The molecule has 16 nitrogen and oxygen atoms in total. The van der Waals surface area contributed by atoms with Gasteiger partial charge in [-0.25, -0.2) is 18.9 Å². The van der Waals surface area contributed by atoms with E-state index in [1.807, 2.05) is 25.9 Å². The standard InChI is InChI=1S/C39H60FN7O9S/c1-12-28-39(8,52)31(42-15-13-14-16-47-20-25(44-45-47)27-19-43-36(41)57-27)23(4)29(48)21(2)18-37(6,53-11)33(24(5)32(50)38(7,40)35(51)55-28)56-34-30(49)26(46(9)10)17-22(3)54-34/h19-24,26,28,30-31,33-34,42,49,52H,12,15-18H2,1-11H3,(H2,41,43)/t21-,22-,23+,24+,26?,28-,30?,31-,33-,34+,37-,38+,39-/m1/s1. The monoisotopic (exact) mass is 821 g/mol. The van der Waals surface area contributed by atoms with E-state index in [-0.39, 0.29) is 43.9 Å². The Morgan fingerprint density at radius 1 is 1.16 bits per heavy atom. The topological polar surface area (TPSA) is 213 Å². The maximum Gasteiger partial charge on any atom is 0.351 e. The minimum absolute atomic E-state index is 0.00272. The van der Waals surface area contributed by atoms with Crippen molar-refractivity contribution in [3.63, 3.8) is 0 Å². The molecule has 318 valence electrons. The molecule has 2 fully saturated rings. The van der Waals surface area contributed by atoms with Gasteiger partial charge in [0.25, 0.3) is 5.67 Å². The fraction of sp³-hybridized carbons (Fsp3) is 0.744. The second-order valence-corrected chi connectivity index (χ2v) is 17.3. The maximum atomic E-state index is 16.7. The van der Waals surface area contributed by atoms with Gasteiger partial charge in [-0.15, -0.1) is 5.10 Å². The number of alkyl halides is 1. The van der Waals surface area contributed by atoms with E-state index in [0.29, 0.717) is 17.2 Å². The fourth-order valence-electron chi connectivity index (χ4n) is 8.09. The van der Waals surface area contributed by atoms with Crippen molar-refractivity contribution >= 4 is 34.0 Å². The normalized spacial score (nSPS) is 37.4. The van der Waals surface area contributed by atoms with Crippen LogP contribution in [0.2, 0.25) is 0 Å². The average Bonchev–Trinajstić information content (AvgIpc) is 3.82. The van der Waals surface area contributed by atoms with Crippen LogP contribution in [0.15, 0.2) is 12.4 Å². The van der Waals surface area contributed by atoms with Gasteiger partial charge in [0.1, 0.15) is 35.8 Å². The Morgan fingerprint density at radius 2 is 1.84 bits per heavy atom. The van der Waals surface area contributed by atoms with Crippen molar-refractivity contribution in [3.05, 3.63) is 12.4 Å². The van der Waals surface area contributed by atoms with Crippen molar-refractivity contribution in [2.45, 2.75) is 141 Å². The lowest BCUT2D eigenvalue weighted by molar-refractivity contribution is -0.295. The van der Waals surface area contributed by atoms with E-state index in [1.165, 1.54) is 32.3 Å². The zero-order valence-electron chi connectivity index (χ0n) is 34.8. The second kappa shape index (κ2) is 18.7. The largest absolute Gasteiger partial charge is 0.457 e. The number of anilines is 1. The molecule has 0 aliphatic carbocycles. The van der Waals surface area contributed by atoms with Gasteiger partial charge in [-0.2, -0.15) is 0 Å². The number of aromatic nitrogens is 4. The zero-order chi connectivity index (χ0) is 42.6. The van der Waals surface area contributed by atoms with E-state index in [4.69, 9.17) is 24.7 Å². The van der Waals surface area contributed by atoms with E-state index < -0.39 is 77.0 Å². The molecule has 5 N–H and O–H groups in total. The number of methoxy groups -OCH3 is 1. The molecule has 13 atom stereocenters. The highest BCUT2D eigenvalue weighted by Crippen LogP contribution is 2.39. The van der Waals surface area contributed by atoms with Crippen molar-refractivity contribution in [3.8, 4) is 22.4 Å². The van der Waals surface area contributed by atoms with Crippen molar-refractivity contribution in [1.82, 2.24) is 30.2 Å². The van der Waals surface area contributed by atoms with Gasteiger partial charge in [0.2, 0.25) is 0 Å². The summed E-state index contributed by atoms with van der Waals surface area (Å²) in [5, 5.41) is 35.3. The van der Waals surface area contributed by atoms with Crippen molar-refractivity contribution in [1.29, 1.82) is 0 Å². The average molecular weight is 822 g/mol. The third-order valence-electron chi connectivity index (χ3n) is 11.5. The molecule has 2 aromatic rings. The predicted octanol–water partition coefficient (Wildman–Crippen LogP) is 2.41. The quantitative estimate of drug-likeness (QED) is 0.163. The van der Waals surface area contributed by atoms with Crippen LogP contribution in [0.4, 0.5) is 9.52 Å². The summed E-state index contributed by atoms with van der Waals surface area (Å²) in [4.78, 5) is 48.9. The summed E-state index contributed by atoms with van der Waals surface area (Å²) in [6, 6.07) is -1.42. The first kappa shape index (κ1) is 46.3. The predicted molar refractivity (Wildman–Crippen MR) is 210 cm³/mol. The van der Waals surface area contributed by atoms with Gasteiger partial charge in [-0.3, -0.25) is 14.9 Å². The zero-order valence-corrected chi connectivity index (χ0v) is 35.6. The summed E-state index contributed by atoms with van der Waals surface area (Å²) < 4.78 is 42.4. The van der Waals surface area contributed by atoms with Crippen molar-refractivity contribution in [2.24, 2.45) is 17.8 Å². The Labute approximate surface area is 338 Å². The fourth-order valence-corrected chi connectivity index (χ4v) is 8.73. The van der Waals surface area contributed by atoms with Crippen LogP contribution in [-0.4, -0.2) is 140 Å². The lowest BCUT2D eigenvalue weighted by Gasteiger charge is -2.47. The lowest BCUT2D eigenvalue weighted by atomic mass is 9.73. The Bertz CT molecular complexity index is 1780. The first-order valence-corrected chi connectivity index (χ1v) is 20.1. The molecule has 4 rings (SSSR count). The number of nitrogens with one attached hydrogen (secondary N) is 1. The SMILES string of the molecule is CC[C@H]1OC(=O)[C@@](C)(F)C(=O)[C@H](C)[C@@H](O[C@@H]2O[C@H](C)CC(N(C)C)C2O)[C@](C)(OC)C[C@@H](C)C(=O)[C@H](C)[C@@H](NCC#CCn2cc(-c3cnc(N)s3)nn2)[C@]1(C)O. The molecule has 0 amide bonds. The van der Waals surface area contributed by atoms with E-state index in [2.05, 4.69) is 32.5 Å². The van der Waals surface area contributed by atoms with E-state index in [1.54, 1.807) is 44.8 Å². The van der Waals surface area contributed by atoms with Crippen LogP contribution in [0.5, 0.6) is 0 Å². The highest BCUT2D eigenvalue weighted by atomic mass is 32.1. The van der Waals surface area contributed by atoms with E-state index in [9.17, 15) is 24.6 Å². The number of cyclic esters (lactones) is 1. The first-order valence-electron chi connectivity index (χ1n) is 19.3. The molecule has 57 heavy (non-hydrogen) atoms. The molecule has 2 aliphatic rings. The molecule has 0 bridgehead atoms. The van der Waals surface area contributed by atoms with Gasteiger partial charge in [0.15, 0.2) is 17.2 Å². The molecule has 0 radical (unpaired) electrons. The van der Waals surface area contributed by atoms with Crippen molar-refractivity contribution in [2.75, 3.05) is 33.5 Å². The van der Waals surface area contributed by atoms with Crippen LogP contribution < -0.4 is 11.1 Å². The minimum atomic E-state index is -3.19. The number of halogens is 1. The third kappa shape index (κ3) is 10.3. The van der Waals surface area contributed by atoms with Gasteiger partial charge >= 0.3 is 5.97 Å². The Kier molecular flexibility index (Phi) is 15.2. The molecule has 2 aromatic heterocycles. The highest BCUT2D eigenvalue weighted by Gasteiger charge is 2.56. The number of carbonyl (C=O) groups excluding carboxylic acids is 3. The molecular formula is C39H60FN7O9S. The molecule has 18 heteroatoms. The van der Waals surface area contributed by atoms with Crippen LogP contribution in [0.3, 0.4) is 0 Å². The van der Waals surface area contributed by atoms with Crippen LogP contribution >= 0.6 is 11.3 Å². The molecule has 2 unspecified atom stereocenters. The number of ketones is 2. The number of esters is 1. The number of nitrogens with two attached hydrogens (primary N) is 1. The number of Topliss-reactive ketones (excluding diaryl/α,β-unsaturated/α-hetero) is 2. The number of hydrogen-bond acceptors (Lipinski definition) is 16. The van der Waals surface area contributed by atoms with Crippen LogP contribution in [0, 0.1) is 29.6 Å². The Morgan fingerprint density at radius 3 is 2.44 bits per heavy atom. The summed E-state index contributed by atoms with van der Waals surface area (Å²) in [5.41, 5.74) is -0.267. The Balaban J connectivity index is 1.67. The molecule has 4 heterocycles. The molecular weight excluding hydrogens is 762 g/mol. The van der Waals surface area contributed by atoms with E-state index >= 15 is 4.39 Å². The summed E-state index contributed by atoms with van der Waals surface area (Å²) in [5.74, 6) is 0.00954.